The maximum atomic E-state index is 12.5. The van der Waals surface area contributed by atoms with Gasteiger partial charge in [0.25, 0.3) is 0 Å². The number of likely N-dealkylation sites (N-methyl/N-ethyl adjacent to an activating group) is 1. The summed E-state index contributed by atoms with van der Waals surface area (Å²) in [5, 5.41) is 0. The third-order valence-corrected chi connectivity index (χ3v) is 2.77. The lowest BCUT2D eigenvalue weighted by atomic mass is 10.3. The van der Waals surface area contributed by atoms with Crippen LogP contribution in [0.15, 0.2) is 12.4 Å². The van der Waals surface area contributed by atoms with Crippen LogP contribution in [0.4, 0.5) is 19.0 Å². The van der Waals surface area contributed by atoms with Crippen molar-refractivity contribution in [2.24, 2.45) is 0 Å². The van der Waals surface area contributed by atoms with Crippen molar-refractivity contribution in [1.82, 2.24) is 14.9 Å². The van der Waals surface area contributed by atoms with Crippen molar-refractivity contribution in [2.45, 2.75) is 6.18 Å². The highest BCUT2D eigenvalue weighted by atomic mass is 19.4. The number of hydrogen-bond acceptors (Lipinski definition) is 4. The third kappa shape index (κ3) is 2.85. The quantitative estimate of drug-likeness (QED) is 0.746. The highest BCUT2D eigenvalue weighted by Crippen LogP contribution is 2.29. The molecule has 0 N–H and O–H groups in total. The van der Waals surface area contributed by atoms with Crippen LogP contribution in [-0.4, -0.2) is 48.1 Å². The fourth-order valence-corrected chi connectivity index (χ4v) is 1.71. The highest BCUT2D eigenvalue weighted by Gasteiger charge is 2.33. The van der Waals surface area contributed by atoms with Gasteiger partial charge in [0.05, 0.1) is 0 Å². The van der Waals surface area contributed by atoms with E-state index in [2.05, 4.69) is 14.9 Å². The van der Waals surface area contributed by atoms with Gasteiger partial charge in [-0.15, -0.1) is 0 Å². The topological polar surface area (TPSA) is 32.3 Å². The minimum atomic E-state index is -4.41. The van der Waals surface area contributed by atoms with Crippen molar-refractivity contribution in [3.63, 3.8) is 0 Å². The molecule has 0 spiro atoms. The number of nitrogens with zero attached hydrogens (tertiary/aromatic N) is 4. The Morgan fingerprint density at radius 2 is 1.76 bits per heavy atom. The van der Waals surface area contributed by atoms with Crippen molar-refractivity contribution >= 4 is 5.82 Å². The minimum Gasteiger partial charge on any atom is -0.354 e. The molecule has 7 heteroatoms. The molecule has 0 radical (unpaired) electrons. The summed E-state index contributed by atoms with van der Waals surface area (Å²) >= 11 is 0. The first-order valence-electron chi connectivity index (χ1n) is 5.29. The largest absolute Gasteiger partial charge is 0.433 e. The van der Waals surface area contributed by atoms with Gasteiger partial charge in [-0.25, -0.2) is 9.97 Å². The molecule has 2 rings (SSSR count). The predicted molar refractivity (Wildman–Crippen MR) is 56.7 cm³/mol. The van der Waals surface area contributed by atoms with Crippen LogP contribution >= 0.6 is 0 Å². The summed E-state index contributed by atoms with van der Waals surface area (Å²) < 4.78 is 37.4. The molecule has 0 aliphatic carbocycles. The summed E-state index contributed by atoms with van der Waals surface area (Å²) in [4.78, 5) is 11.1. The van der Waals surface area contributed by atoms with Gasteiger partial charge >= 0.3 is 6.18 Å². The van der Waals surface area contributed by atoms with E-state index in [1.54, 1.807) is 0 Å². The van der Waals surface area contributed by atoms with E-state index in [0.717, 1.165) is 25.5 Å². The minimum absolute atomic E-state index is 0.348. The zero-order valence-corrected chi connectivity index (χ0v) is 9.41. The van der Waals surface area contributed by atoms with Gasteiger partial charge in [0.1, 0.15) is 17.8 Å². The molecule has 0 atom stereocenters. The van der Waals surface area contributed by atoms with E-state index in [1.165, 1.54) is 0 Å². The van der Waals surface area contributed by atoms with Crippen LogP contribution in [0.5, 0.6) is 0 Å². The molecule has 1 aliphatic rings. The Labute approximate surface area is 97.1 Å². The smallest absolute Gasteiger partial charge is 0.354 e. The van der Waals surface area contributed by atoms with Crippen LogP contribution in [-0.2, 0) is 6.18 Å². The number of anilines is 1. The van der Waals surface area contributed by atoms with Gasteiger partial charge < -0.3 is 9.80 Å². The van der Waals surface area contributed by atoms with Gasteiger partial charge in [0.15, 0.2) is 0 Å². The number of rotatable bonds is 1. The summed E-state index contributed by atoms with van der Waals surface area (Å²) in [5.74, 6) is 0.348. The zero-order chi connectivity index (χ0) is 12.5. The van der Waals surface area contributed by atoms with Crippen LogP contribution < -0.4 is 4.90 Å². The fraction of sp³-hybridized carbons (Fsp3) is 0.600. The van der Waals surface area contributed by atoms with Gasteiger partial charge in [0, 0.05) is 32.2 Å². The number of piperazine rings is 1. The monoisotopic (exact) mass is 246 g/mol. The van der Waals surface area contributed by atoms with Crippen molar-refractivity contribution in [2.75, 3.05) is 38.1 Å². The van der Waals surface area contributed by atoms with Gasteiger partial charge in [-0.2, -0.15) is 13.2 Å². The molecule has 1 aromatic rings. The van der Waals surface area contributed by atoms with Crippen LogP contribution in [0, 0.1) is 0 Å². The van der Waals surface area contributed by atoms with E-state index in [4.69, 9.17) is 0 Å². The normalized spacial score (nSPS) is 18.5. The Kier molecular flexibility index (Phi) is 3.19. The Balaban J connectivity index is 2.16. The molecule has 0 saturated carbocycles. The third-order valence-electron chi connectivity index (χ3n) is 2.77. The van der Waals surface area contributed by atoms with E-state index in [0.29, 0.717) is 18.9 Å². The Bertz CT molecular complexity index is 385. The molecular weight excluding hydrogens is 233 g/mol. The summed E-state index contributed by atoms with van der Waals surface area (Å²) in [5.41, 5.74) is -0.888. The lowest BCUT2D eigenvalue weighted by Crippen LogP contribution is -2.44. The Morgan fingerprint density at radius 3 is 2.35 bits per heavy atom. The van der Waals surface area contributed by atoms with E-state index >= 15 is 0 Å². The molecule has 0 aromatic carbocycles. The van der Waals surface area contributed by atoms with Gasteiger partial charge in [-0.1, -0.05) is 0 Å². The van der Waals surface area contributed by atoms with E-state index in [-0.39, 0.29) is 0 Å². The number of alkyl halides is 3. The SMILES string of the molecule is CN1CCN(c2cc(C(F)(F)F)ncn2)CC1. The van der Waals surface area contributed by atoms with E-state index < -0.39 is 11.9 Å². The molecule has 4 nitrogen and oxygen atoms in total. The van der Waals surface area contributed by atoms with Crippen LogP contribution in [0.2, 0.25) is 0 Å². The zero-order valence-electron chi connectivity index (χ0n) is 9.41. The van der Waals surface area contributed by atoms with Gasteiger partial charge in [-0.3, -0.25) is 0 Å². The lowest BCUT2D eigenvalue weighted by Gasteiger charge is -2.33. The first kappa shape index (κ1) is 12.1. The van der Waals surface area contributed by atoms with Crippen molar-refractivity contribution in [3.8, 4) is 0 Å². The summed E-state index contributed by atoms with van der Waals surface area (Å²) in [6.45, 7) is 3.02. The molecule has 17 heavy (non-hydrogen) atoms. The summed E-state index contributed by atoms with van der Waals surface area (Å²) in [6.07, 6.45) is -3.44. The molecule has 1 fully saturated rings. The lowest BCUT2D eigenvalue weighted by molar-refractivity contribution is -0.141. The second-order valence-corrected chi connectivity index (χ2v) is 4.05. The van der Waals surface area contributed by atoms with E-state index in [9.17, 15) is 13.2 Å². The first-order chi connectivity index (χ1) is 7.97. The molecule has 0 bridgehead atoms. The first-order valence-corrected chi connectivity index (χ1v) is 5.29. The second kappa shape index (κ2) is 4.48. The summed E-state index contributed by atoms with van der Waals surface area (Å²) in [7, 11) is 1.98. The van der Waals surface area contributed by atoms with Crippen LogP contribution in [0.1, 0.15) is 5.69 Å². The van der Waals surface area contributed by atoms with Crippen molar-refractivity contribution in [3.05, 3.63) is 18.1 Å². The molecule has 94 valence electrons. The molecular formula is C10H13F3N4. The Hall–Kier alpha value is -1.37. The maximum Gasteiger partial charge on any atom is 0.433 e. The average molecular weight is 246 g/mol. The molecule has 1 aliphatic heterocycles. The Morgan fingerprint density at radius 1 is 1.12 bits per heavy atom. The molecule has 0 unspecified atom stereocenters. The predicted octanol–water partition coefficient (Wildman–Crippen LogP) is 1.25. The number of hydrogen-bond donors (Lipinski definition) is 0. The molecule has 0 amide bonds. The van der Waals surface area contributed by atoms with E-state index in [1.807, 2.05) is 11.9 Å². The number of halogens is 3. The second-order valence-electron chi connectivity index (χ2n) is 4.05. The fourth-order valence-electron chi connectivity index (χ4n) is 1.71. The molecule has 1 aromatic heterocycles. The standard InChI is InChI=1S/C10H13F3N4/c1-16-2-4-17(5-3-16)9-6-8(10(11,12)13)14-7-15-9/h6-7H,2-5H2,1H3. The average Bonchev–Trinajstić information content (AvgIpc) is 2.29. The molecule has 2 heterocycles. The highest BCUT2D eigenvalue weighted by molar-refractivity contribution is 5.40. The van der Waals surface area contributed by atoms with Gasteiger partial charge in [-0.05, 0) is 7.05 Å². The van der Waals surface area contributed by atoms with Gasteiger partial charge in [0.2, 0.25) is 0 Å². The maximum absolute atomic E-state index is 12.5. The van der Waals surface area contributed by atoms with Crippen molar-refractivity contribution in [1.29, 1.82) is 0 Å². The molecule has 1 saturated heterocycles. The summed E-state index contributed by atoms with van der Waals surface area (Å²) in [6, 6.07) is 1.01. The van der Waals surface area contributed by atoms with Crippen molar-refractivity contribution < 1.29 is 13.2 Å². The van der Waals surface area contributed by atoms with Crippen LogP contribution in [0.3, 0.4) is 0 Å². The van der Waals surface area contributed by atoms with Crippen LogP contribution in [0.25, 0.3) is 0 Å². The number of aromatic nitrogens is 2.